The highest BCUT2D eigenvalue weighted by atomic mass is 32.2. The van der Waals surface area contributed by atoms with Crippen molar-refractivity contribution in [3.8, 4) is 0 Å². The van der Waals surface area contributed by atoms with Crippen molar-refractivity contribution in [1.29, 1.82) is 0 Å². The summed E-state index contributed by atoms with van der Waals surface area (Å²) in [4.78, 5) is 25.4. The molecule has 0 spiro atoms. The van der Waals surface area contributed by atoms with Crippen LogP contribution in [0.5, 0.6) is 0 Å². The molecule has 24 heavy (non-hydrogen) atoms. The van der Waals surface area contributed by atoms with Crippen LogP contribution >= 0.6 is 11.8 Å². The van der Waals surface area contributed by atoms with E-state index in [2.05, 4.69) is 22.7 Å². The third-order valence-corrected chi connectivity index (χ3v) is 4.51. The summed E-state index contributed by atoms with van der Waals surface area (Å²) in [6.07, 6.45) is 3.15. The first-order chi connectivity index (χ1) is 11.7. The molecule has 2 aromatic rings. The van der Waals surface area contributed by atoms with Crippen LogP contribution in [0.1, 0.15) is 22.5 Å². The maximum Gasteiger partial charge on any atom is 0.307 e. The van der Waals surface area contributed by atoms with Crippen molar-refractivity contribution in [1.82, 2.24) is 10.3 Å². The Morgan fingerprint density at radius 3 is 2.83 bits per heavy atom. The van der Waals surface area contributed by atoms with Crippen LogP contribution in [0.3, 0.4) is 0 Å². The Kier molecular flexibility index (Phi) is 5.32. The number of benzene rings is 1. The molecule has 1 N–H and O–H groups in total. The average molecular weight is 343 g/mol. The molecule has 0 saturated carbocycles. The number of rotatable bonds is 6. The largest absolute Gasteiger partial charge is 0.459 e. The smallest absolute Gasteiger partial charge is 0.307 e. The number of nitrogens with zero attached hydrogens (tertiary/aromatic N) is 2. The first-order valence-corrected chi connectivity index (χ1v) is 8.61. The molecule has 0 unspecified atom stereocenters. The molecule has 1 aromatic heterocycles. The van der Waals surface area contributed by atoms with E-state index >= 15 is 0 Å². The summed E-state index contributed by atoms with van der Waals surface area (Å²) in [7, 11) is 0. The highest BCUT2D eigenvalue weighted by molar-refractivity contribution is 8.15. The summed E-state index contributed by atoms with van der Waals surface area (Å²) in [5.74, 6) is 0.112. The Bertz CT molecular complexity index is 729. The zero-order valence-corrected chi connectivity index (χ0v) is 13.8. The fourth-order valence-electron chi connectivity index (χ4n) is 2.35. The standard InChI is InChI=1S/C17H17N3O3S/c21-15-12-24-17(19-18-16(22)14-9-5-11-23-14)20(15)10-4-8-13-6-2-1-3-7-13/h1-3,5-7,9,11H,4,8,10,12H2,(H,18,22). The second kappa shape index (κ2) is 7.83. The van der Waals surface area contributed by atoms with E-state index in [4.69, 9.17) is 4.42 Å². The summed E-state index contributed by atoms with van der Waals surface area (Å²) in [6, 6.07) is 13.3. The van der Waals surface area contributed by atoms with Crippen molar-refractivity contribution in [2.45, 2.75) is 12.8 Å². The molecule has 2 heterocycles. The van der Waals surface area contributed by atoms with Gasteiger partial charge in [-0.2, -0.15) is 0 Å². The minimum Gasteiger partial charge on any atom is -0.459 e. The summed E-state index contributed by atoms with van der Waals surface area (Å²) in [6.45, 7) is 0.580. The summed E-state index contributed by atoms with van der Waals surface area (Å²) < 4.78 is 5.00. The Balaban J connectivity index is 1.55. The molecule has 0 bridgehead atoms. The maximum absolute atomic E-state index is 12.0. The highest BCUT2D eigenvalue weighted by Gasteiger charge is 2.28. The molecule has 0 radical (unpaired) electrons. The van der Waals surface area contributed by atoms with Gasteiger partial charge in [-0.05, 0) is 30.5 Å². The van der Waals surface area contributed by atoms with Crippen molar-refractivity contribution in [2.75, 3.05) is 12.3 Å². The van der Waals surface area contributed by atoms with Gasteiger partial charge in [0, 0.05) is 6.54 Å². The lowest BCUT2D eigenvalue weighted by Gasteiger charge is -2.15. The second-order valence-electron chi connectivity index (χ2n) is 5.24. The lowest BCUT2D eigenvalue weighted by Crippen LogP contribution is -2.32. The molecule has 1 saturated heterocycles. The van der Waals surface area contributed by atoms with Crippen LogP contribution < -0.4 is 5.43 Å². The third kappa shape index (κ3) is 4.05. The number of hydrogen-bond donors (Lipinski definition) is 1. The normalized spacial score (nSPS) is 15.9. The number of carbonyl (C=O) groups is 2. The van der Waals surface area contributed by atoms with Crippen LogP contribution in [-0.4, -0.2) is 34.2 Å². The molecule has 0 aliphatic carbocycles. The summed E-state index contributed by atoms with van der Waals surface area (Å²) in [5, 5.41) is 4.58. The van der Waals surface area contributed by atoms with Crippen LogP contribution in [0.2, 0.25) is 0 Å². The monoisotopic (exact) mass is 343 g/mol. The molecule has 1 aromatic carbocycles. The SMILES string of the molecule is O=C(NN=C1SCC(=O)N1CCCc1ccccc1)c1ccco1. The summed E-state index contributed by atoms with van der Waals surface area (Å²) in [5.41, 5.74) is 3.66. The number of amidine groups is 1. The topological polar surface area (TPSA) is 74.9 Å². The van der Waals surface area contributed by atoms with Gasteiger partial charge in [0.25, 0.3) is 0 Å². The zero-order valence-electron chi connectivity index (χ0n) is 13.0. The van der Waals surface area contributed by atoms with Crippen LogP contribution in [-0.2, 0) is 11.2 Å². The van der Waals surface area contributed by atoms with E-state index in [9.17, 15) is 9.59 Å². The molecule has 2 amide bonds. The third-order valence-electron chi connectivity index (χ3n) is 3.54. The number of hydrazone groups is 1. The molecule has 7 heteroatoms. The Labute approximate surface area is 143 Å². The van der Waals surface area contributed by atoms with Gasteiger partial charge in [0.2, 0.25) is 5.91 Å². The maximum atomic E-state index is 12.0. The highest BCUT2D eigenvalue weighted by Crippen LogP contribution is 2.19. The van der Waals surface area contributed by atoms with Crippen LogP contribution in [0.25, 0.3) is 0 Å². The van der Waals surface area contributed by atoms with E-state index in [1.807, 2.05) is 18.2 Å². The van der Waals surface area contributed by atoms with Gasteiger partial charge in [0.1, 0.15) is 0 Å². The number of furan rings is 1. The molecular formula is C17H17N3O3S. The minimum atomic E-state index is -0.434. The summed E-state index contributed by atoms with van der Waals surface area (Å²) >= 11 is 1.33. The van der Waals surface area contributed by atoms with Gasteiger partial charge >= 0.3 is 5.91 Å². The molecule has 0 atom stereocenters. The number of nitrogens with one attached hydrogen (secondary N) is 1. The lowest BCUT2D eigenvalue weighted by atomic mass is 10.1. The van der Waals surface area contributed by atoms with Gasteiger partial charge in [0.05, 0.1) is 12.0 Å². The quantitative estimate of drug-likeness (QED) is 0.818. The fourth-order valence-corrected chi connectivity index (χ4v) is 3.22. The Morgan fingerprint density at radius 2 is 2.08 bits per heavy atom. The predicted molar refractivity (Wildman–Crippen MR) is 92.5 cm³/mol. The van der Waals surface area contributed by atoms with E-state index in [1.54, 1.807) is 17.0 Å². The molecule has 3 rings (SSSR count). The van der Waals surface area contributed by atoms with E-state index in [0.29, 0.717) is 17.5 Å². The number of carbonyl (C=O) groups excluding carboxylic acids is 2. The van der Waals surface area contributed by atoms with Gasteiger partial charge in [0.15, 0.2) is 10.9 Å². The van der Waals surface area contributed by atoms with Crippen molar-refractivity contribution in [3.05, 3.63) is 60.1 Å². The van der Waals surface area contributed by atoms with Crippen molar-refractivity contribution >= 4 is 28.7 Å². The zero-order chi connectivity index (χ0) is 16.8. The first-order valence-electron chi connectivity index (χ1n) is 7.62. The van der Waals surface area contributed by atoms with Gasteiger partial charge in [-0.25, -0.2) is 5.43 Å². The Morgan fingerprint density at radius 1 is 1.25 bits per heavy atom. The molecule has 1 aliphatic heterocycles. The van der Waals surface area contributed by atoms with Crippen molar-refractivity contribution in [2.24, 2.45) is 5.10 Å². The lowest BCUT2D eigenvalue weighted by molar-refractivity contribution is -0.124. The molecular weight excluding hydrogens is 326 g/mol. The van der Waals surface area contributed by atoms with E-state index in [0.717, 1.165) is 12.8 Å². The van der Waals surface area contributed by atoms with Crippen LogP contribution in [0.4, 0.5) is 0 Å². The fraction of sp³-hybridized carbons (Fsp3) is 0.235. The van der Waals surface area contributed by atoms with E-state index < -0.39 is 5.91 Å². The van der Waals surface area contributed by atoms with Gasteiger partial charge in [-0.1, -0.05) is 42.1 Å². The molecule has 1 aliphatic rings. The van der Waals surface area contributed by atoms with E-state index in [-0.39, 0.29) is 11.7 Å². The van der Waals surface area contributed by atoms with Crippen molar-refractivity contribution < 1.29 is 14.0 Å². The molecule has 6 nitrogen and oxygen atoms in total. The number of thioether (sulfide) groups is 1. The van der Waals surface area contributed by atoms with Crippen LogP contribution in [0, 0.1) is 0 Å². The van der Waals surface area contributed by atoms with Crippen molar-refractivity contribution in [3.63, 3.8) is 0 Å². The van der Waals surface area contributed by atoms with Gasteiger partial charge in [-0.15, -0.1) is 5.10 Å². The number of aryl methyl sites for hydroxylation is 1. The number of hydrogen-bond acceptors (Lipinski definition) is 5. The number of amides is 2. The van der Waals surface area contributed by atoms with Gasteiger partial charge in [-0.3, -0.25) is 14.5 Å². The molecule has 1 fully saturated rings. The predicted octanol–water partition coefficient (Wildman–Crippen LogP) is 2.49. The average Bonchev–Trinajstić information content (AvgIpc) is 3.25. The minimum absolute atomic E-state index is 0.0130. The Hall–Kier alpha value is -2.54. The second-order valence-corrected chi connectivity index (χ2v) is 6.18. The molecule has 124 valence electrons. The van der Waals surface area contributed by atoms with E-state index in [1.165, 1.54) is 23.6 Å². The van der Waals surface area contributed by atoms with Crippen LogP contribution in [0.15, 0.2) is 58.2 Å². The van der Waals surface area contributed by atoms with Gasteiger partial charge < -0.3 is 4.42 Å². The first kappa shape index (κ1) is 16.3.